The van der Waals surface area contributed by atoms with Crippen molar-refractivity contribution in [1.29, 1.82) is 0 Å². The summed E-state index contributed by atoms with van der Waals surface area (Å²) in [5.74, 6) is -1.84. The van der Waals surface area contributed by atoms with Crippen LogP contribution in [-0.2, 0) is 4.74 Å². The molecular weight excluding hydrogens is 252 g/mol. The second-order valence-corrected chi connectivity index (χ2v) is 5.28. The number of benzene rings is 1. The highest BCUT2D eigenvalue weighted by Gasteiger charge is 2.35. The van der Waals surface area contributed by atoms with E-state index in [-0.39, 0.29) is 6.10 Å². The molecule has 2 aliphatic heterocycles. The van der Waals surface area contributed by atoms with Crippen LogP contribution in [0.15, 0.2) is 18.2 Å². The van der Waals surface area contributed by atoms with Crippen molar-refractivity contribution in [3.05, 3.63) is 35.4 Å². The molecule has 0 radical (unpaired) electrons. The molecule has 2 heterocycles. The summed E-state index contributed by atoms with van der Waals surface area (Å²) in [5, 5.41) is 10.2. The number of fused-ring (bicyclic) bond motifs is 1. The number of aliphatic hydroxyl groups excluding tert-OH is 1. The number of ether oxygens (including phenoxy) is 1. The van der Waals surface area contributed by atoms with E-state index in [4.69, 9.17) is 4.74 Å². The van der Waals surface area contributed by atoms with Crippen molar-refractivity contribution >= 4 is 0 Å². The van der Waals surface area contributed by atoms with Crippen molar-refractivity contribution in [2.75, 3.05) is 19.7 Å². The number of hydrogen-bond donors (Lipinski definition) is 1. The Balaban J connectivity index is 1.72. The van der Waals surface area contributed by atoms with Crippen molar-refractivity contribution in [2.45, 2.75) is 31.1 Å². The molecule has 2 aliphatic rings. The van der Waals surface area contributed by atoms with Crippen molar-refractivity contribution in [1.82, 2.24) is 4.90 Å². The van der Waals surface area contributed by atoms with Gasteiger partial charge in [0.15, 0.2) is 11.6 Å². The van der Waals surface area contributed by atoms with Crippen molar-refractivity contribution < 1.29 is 18.6 Å². The summed E-state index contributed by atoms with van der Waals surface area (Å²) in [4.78, 5) is 2.30. The van der Waals surface area contributed by atoms with E-state index in [1.165, 1.54) is 6.07 Å². The summed E-state index contributed by atoms with van der Waals surface area (Å²) < 4.78 is 31.7. The molecule has 1 N–H and O–H groups in total. The molecule has 1 aromatic rings. The Hall–Kier alpha value is -1.04. The van der Waals surface area contributed by atoms with E-state index in [1.807, 2.05) is 0 Å². The third-order valence-electron chi connectivity index (χ3n) is 4.05. The predicted octanol–water partition coefficient (Wildman–Crippen LogP) is 1.86. The van der Waals surface area contributed by atoms with E-state index in [1.54, 1.807) is 0 Å². The molecule has 1 aromatic carbocycles. The van der Waals surface area contributed by atoms with E-state index in [0.717, 1.165) is 31.5 Å². The molecule has 3 unspecified atom stereocenters. The number of nitrogens with zero attached hydrogens (tertiary/aromatic N) is 1. The minimum absolute atomic E-state index is 0.363. The van der Waals surface area contributed by atoms with Gasteiger partial charge in [-0.1, -0.05) is 6.07 Å². The van der Waals surface area contributed by atoms with Crippen LogP contribution < -0.4 is 0 Å². The maximum Gasteiger partial charge on any atom is 0.159 e. The van der Waals surface area contributed by atoms with Gasteiger partial charge in [0, 0.05) is 12.6 Å². The van der Waals surface area contributed by atoms with Crippen molar-refractivity contribution in [3.63, 3.8) is 0 Å². The highest BCUT2D eigenvalue weighted by Crippen LogP contribution is 2.29. The van der Waals surface area contributed by atoms with Crippen molar-refractivity contribution in [3.8, 4) is 0 Å². The Kier molecular flexibility index (Phi) is 3.52. The lowest BCUT2D eigenvalue weighted by Gasteiger charge is -2.37. The molecule has 0 bridgehead atoms. The number of rotatable bonds is 2. The maximum atomic E-state index is 13.2. The zero-order chi connectivity index (χ0) is 13.4. The number of aliphatic hydroxyl groups is 1. The van der Waals surface area contributed by atoms with Gasteiger partial charge in [-0.15, -0.1) is 0 Å². The summed E-state index contributed by atoms with van der Waals surface area (Å²) >= 11 is 0. The van der Waals surface area contributed by atoms with Gasteiger partial charge >= 0.3 is 0 Å². The molecule has 2 fully saturated rings. The molecule has 2 saturated heterocycles. The normalized spacial score (nSPS) is 29.2. The summed E-state index contributed by atoms with van der Waals surface area (Å²) in [7, 11) is 0. The topological polar surface area (TPSA) is 32.7 Å². The second kappa shape index (κ2) is 5.15. The number of morpholine rings is 1. The van der Waals surface area contributed by atoms with E-state index in [9.17, 15) is 13.9 Å². The van der Waals surface area contributed by atoms with Gasteiger partial charge in [-0.05, 0) is 37.1 Å². The van der Waals surface area contributed by atoms with Gasteiger partial charge in [-0.25, -0.2) is 8.78 Å². The van der Waals surface area contributed by atoms with Crippen LogP contribution in [0.3, 0.4) is 0 Å². The lowest BCUT2D eigenvalue weighted by molar-refractivity contribution is -0.103. The zero-order valence-electron chi connectivity index (χ0n) is 10.6. The first-order chi connectivity index (χ1) is 9.15. The molecule has 5 heteroatoms. The SMILES string of the molecule is OC(c1ccc(F)c(F)c1)C1CN2CCCC2CO1. The summed E-state index contributed by atoms with van der Waals surface area (Å²) in [6.45, 7) is 2.27. The predicted molar refractivity (Wildman–Crippen MR) is 65.7 cm³/mol. The average molecular weight is 269 g/mol. The van der Waals surface area contributed by atoms with Crippen LogP contribution in [-0.4, -0.2) is 41.8 Å². The molecule has 0 aromatic heterocycles. The minimum Gasteiger partial charge on any atom is -0.386 e. The monoisotopic (exact) mass is 269 g/mol. The van der Waals surface area contributed by atoms with Gasteiger partial charge < -0.3 is 9.84 Å². The van der Waals surface area contributed by atoms with Gasteiger partial charge in [-0.3, -0.25) is 4.90 Å². The van der Waals surface area contributed by atoms with Gasteiger partial charge in [0.1, 0.15) is 12.2 Å². The maximum absolute atomic E-state index is 13.2. The molecule has 3 nitrogen and oxygen atoms in total. The molecule has 0 amide bonds. The molecule has 3 atom stereocenters. The van der Waals surface area contributed by atoms with Crippen LogP contribution in [0.25, 0.3) is 0 Å². The fourth-order valence-electron chi connectivity index (χ4n) is 2.94. The number of hydrogen-bond acceptors (Lipinski definition) is 3. The Morgan fingerprint density at radius 3 is 2.95 bits per heavy atom. The van der Waals surface area contributed by atoms with Crippen molar-refractivity contribution in [2.24, 2.45) is 0 Å². The lowest BCUT2D eigenvalue weighted by Crippen LogP contribution is -2.48. The Bertz CT molecular complexity index is 469. The molecule has 0 saturated carbocycles. The first kappa shape index (κ1) is 13.0. The molecule has 104 valence electrons. The Labute approximate surface area is 110 Å². The molecule has 19 heavy (non-hydrogen) atoms. The first-order valence-electron chi connectivity index (χ1n) is 6.64. The van der Waals surface area contributed by atoms with Crippen LogP contribution in [0.2, 0.25) is 0 Å². The molecule has 3 rings (SSSR count). The minimum atomic E-state index is -0.939. The smallest absolute Gasteiger partial charge is 0.159 e. The standard InChI is InChI=1S/C14H17F2NO2/c15-11-4-3-9(6-12(11)16)14(18)13-7-17-5-1-2-10(17)8-19-13/h3-4,6,10,13-14,18H,1-2,5,7-8H2. The fraction of sp³-hybridized carbons (Fsp3) is 0.571. The van der Waals surface area contributed by atoms with Gasteiger partial charge in [0.05, 0.1) is 6.61 Å². The van der Waals surface area contributed by atoms with Crippen LogP contribution >= 0.6 is 0 Å². The Morgan fingerprint density at radius 2 is 2.16 bits per heavy atom. The zero-order valence-corrected chi connectivity index (χ0v) is 10.6. The lowest BCUT2D eigenvalue weighted by atomic mass is 10.0. The summed E-state index contributed by atoms with van der Waals surface area (Å²) in [6.07, 6.45) is 0.992. The Morgan fingerprint density at radius 1 is 1.32 bits per heavy atom. The third kappa shape index (κ3) is 2.50. The quantitative estimate of drug-likeness (QED) is 0.889. The van der Waals surface area contributed by atoms with E-state index in [0.29, 0.717) is 24.8 Å². The van der Waals surface area contributed by atoms with Crippen LogP contribution in [0.5, 0.6) is 0 Å². The highest BCUT2D eigenvalue weighted by atomic mass is 19.2. The summed E-state index contributed by atoms with van der Waals surface area (Å²) in [6, 6.07) is 3.94. The average Bonchev–Trinajstić information content (AvgIpc) is 2.88. The van der Waals surface area contributed by atoms with Crippen LogP contribution in [0, 0.1) is 11.6 Å². The molecular formula is C14H17F2NO2. The van der Waals surface area contributed by atoms with E-state index in [2.05, 4.69) is 4.90 Å². The number of halogens is 2. The highest BCUT2D eigenvalue weighted by molar-refractivity contribution is 5.21. The van der Waals surface area contributed by atoms with Gasteiger partial charge in [0.25, 0.3) is 0 Å². The van der Waals surface area contributed by atoms with E-state index >= 15 is 0 Å². The molecule has 0 spiro atoms. The van der Waals surface area contributed by atoms with E-state index < -0.39 is 17.7 Å². The van der Waals surface area contributed by atoms with Gasteiger partial charge in [-0.2, -0.15) is 0 Å². The summed E-state index contributed by atoms with van der Waals surface area (Å²) in [5.41, 5.74) is 0.363. The fourth-order valence-corrected chi connectivity index (χ4v) is 2.94. The van der Waals surface area contributed by atoms with Crippen LogP contribution in [0.1, 0.15) is 24.5 Å². The van der Waals surface area contributed by atoms with Crippen LogP contribution in [0.4, 0.5) is 8.78 Å². The largest absolute Gasteiger partial charge is 0.386 e. The third-order valence-corrected chi connectivity index (χ3v) is 4.05. The van der Waals surface area contributed by atoms with Gasteiger partial charge in [0.2, 0.25) is 0 Å². The first-order valence-corrected chi connectivity index (χ1v) is 6.64. The molecule has 0 aliphatic carbocycles. The second-order valence-electron chi connectivity index (χ2n) is 5.28.